The number of nitrogens with zero attached hydrogens (tertiary/aromatic N) is 1. The van der Waals surface area contributed by atoms with E-state index >= 15 is 0 Å². The second kappa shape index (κ2) is 4.23. The number of hydrogen-bond acceptors (Lipinski definition) is 3. The van der Waals surface area contributed by atoms with Crippen molar-refractivity contribution in [2.75, 3.05) is 13.2 Å². The van der Waals surface area contributed by atoms with Crippen molar-refractivity contribution in [2.45, 2.75) is 19.1 Å². The van der Waals surface area contributed by atoms with E-state index in [1.54, 1.807) is 6.92 Å². The van der Waals surface area contributed by atoms with Crippen molar-refractivity contribution < 1.29 is 19.4 Å². The van der Waals surface area contributed by atoms with Crippen molar-refractivity contribution in [2.24, 2.45) is 0 Å². The van der Waals surface area contributed by atoms with Crippen LogP contribution in [0.2, 0.25) is 0 Å². The third-order valence-electron chi connectivity index (χ3n) is 2.20. The lowest BCUT2D eigenvalue weighted by molar-refractivity contribution is -0.162. The molecule has 14 heavy (non-hydrogen) atoms. The second-order valence-corrected chi connectivity index (χ2v) is 3.09. The number of morpholine rings is 1. The maximum Gasteiger partial charge on any atom is 0.329 e. The number of rotatable bonds is 2. The molecule has 2 unspecified atom stereocenters. The molecule has 1 heterocycles. The van der Waals surface area contributed by atoms with E-state index in [1.807, 2.05) is 0 Å². The van der Waals surface area contributed by atoms with Gasteiger partial charge in [0.15, 0.2) is 6.04 Å². The van der Waals surface area contributed by atoms with Gasteiger partial charge in [-0.2, -0.15) is 0 Å². The molecule has 1 N–H and O–H groups in total. The van der Waals surface area contributed by atoms with Crippen LogP contribution >= 0.6 is 0 Å². The summed E-state index contributed by atoms with van der Waals surface area (Å²) in [6, 6.07) is -0.908. The first-order valence-electron chi connectivity index (χ1n) is 4.35. The number of amides is 1. The summed E-state index contributed by atoms with van der Waals surface area (Å²) in [5.74, 6) is -1.42. The van der Waals surface area contributed by atoms with Gasteiger partial charge in [0.2, 0.25) is 5.91 Å². The molecular weight excluding hydrogens is 186 g/mol. The van der Waals surface area contributed by atoms with Gasteiger partial charge in [-0.25, -0.2) is 4.79 Å². The molecule has 5 nitrogen and oxygen atoms in total. The minimum atomic E-state index is -1.05. The highest BCUT2D eigenvalue weighted by Crippen LogP contribution is 2.14. The summed E-state index contributed by atoms with van der Waals surface area (Å²) in [4.78, 5) is 23.5. The molecule has 0 aromatic heterocycles. The Balaban J connectivity index is 2.84. The van der Waals surface area contributed by atoms with Gasteiger partial charge in [-0.3, -0.25) is 4.79 Å². The van der Waals surface area contributed by atoms with E-state index in [0.717, 1.165) is 6.08 Å². The van der Waals surface area contributed by atoms with Crippen molar-refractivity contribution in [3.8, 4) is 0 Å². The maximum atomic E-state index is 11.3. The molecule has 1 saturated heterocycles. The second-order valence-electron chi connectivity index (χ2n) is 3.09. The first-order valence-corrected chi connectivity index (χ1v) is 4.35. The lowest BCUT2D eigenvalue weighted by Crippen LogP contribution is -2.56. The van der Waals surface area contributed by atoms with E-state index in [1.165, 1.54) is 4.90 Å². The van der Waals surface area contributed by atoms with Crippen molar-refractivity contribution in [1.29, 1.82) is 0 Å². The average molecular weight is 199 g/mol. The Labute approximate surface area is 82.0 Å². The molecule has 0 aliphatic carbocycles. The Morgan fingerprint density at radius 1 is 1.64 bits per heavy atom. The number of carbonyl (C=O) groups excluding carboxylic acids is 1. The van der Waals surface area contributed by atoms with E-state index in [2.05, 4.69) is 6.58 Å². The molecule has 1 fully saturated rings. The van der Waals surface area contributed by atoms with Gasteiger partial charge >= 0.3 is 5.97 Å². The molecule has 5 heteroatoms. The van der Waals surface area contributed by atoms with Gasteiger partial charge in [-0.15, -0.1) is 0 Å². The molecule has 1 rings (SSSR count). The fourth-order valence-corrected chi connectivity index (χ4v) is 1.52. The van der Waals surface area contributed by atoms with E-state index in [4.69, 9.17) is 9.84 Å². The first-order chi connectivity index (χ1) is 6.57. The number of carboxylic acid groups (broad SMARTS) is 1. The van der Waals surface area contributed by atoms with Crippen LogP contribution in [0.4, 0.5) is 0 Å². The van der Waals surface area contributed by atoms with Crippen LogP contribution in [-0.4, -0.2) is 47.2 Å². The van der Waals surface area contributed by atoms with E-state index in [-0.39, 0.29) is 5.91 Å². The summed E-state index contributed by atoms with van der Waals surface area (Å²) in [6.07, 6.45) is 0.638. The van der Waals surface area contributed by atoms with E-state index < -0.39 is 18.1 Å². The molecule has 2 atom stereocenters. The van der Waals surface area contributed by atoms with Crippen LogP contribution in [-0.2, 0) is 14.3 Å². The molecule has 1 aliphatic rings. The molecule has 78 valence electrons. The largest absolute Gasteiger partial charge is 0.480 e. The number of ether oxygens (including phenoxy) is 1. The van der Waals surface area contributed by atoms with Crippen molar-refractivity contribution in [3.63, 3.8) is 0 Å². The number of carboxylic acids is 1. The van der Waals surface area contributed by atoms with Gasteiger partial charge in [-0.05, 0) is 13.0 Å². The van der Waals surface area contributed by atoms with E-state index in [9.17, 15) is 9.59 Å². The standard InChI is InChI=1S/C9H13NO4/c1-3-7(11)10-4-5-14-6(2)8(10)9(12)13/h3,6,8H,1,4-5H2,2H3,(H,12,13). The molecule has 0 aromatic rings. The zero-order chi connectivity index (χ0) is 10.7. The van der Waals surface area contributed by atoms with Crippen LogP contribution in [0.3, 0.4) is 0 Å². The highest BCUT2D eigenvalue weighted by atomic mass is 16.5. The van der Waals surface area contributed by atoms with Crippen LogP contribution in [0.1, 0.15) is 6.92 Å². The summed E-state index contributed by atoms with van der Waals surface area (Å²) in [5, 5.41) is 8.92. The molecule has 1 aliphatic heterocycles. The average Bonchev–Trinajstić information content (AvgIpc) is 2.15. The van der Waals surface area contributed by atoms with Crippen LogP contribution in [0, 0.1) is 0 Å². The molecule has 0 radical (unpaired) electrons. The SMILES string of the molecule is C=CC(=O)N1CCOC(C)C1C(=O)O. The fraction of sp³-hybridized carbons (Fsp3) is 0.556. The quantitative estimate of drug-likeness (QED) is 0.629. The highest BCUT2D eigenvalue weighted by molar-refractivity contribution is 5.91. The molecule has 1 amide bonds. The predicted octanol–water partition coefficient (Wildman–Crippen LogP) is -0.127. The van der Waals surface area contributed by atoms with Gasteiger partial charge < -0.3 is 14.7 Å². The lowest BCUT2D eigenvalue weighted by atomic mass is 10.1. The van der Waals surface area contributed by atoms with Crippen molar-refractivity contribution >= 4 is 11.9 Å². The Morgan fingerprint density at radius 2 is 2.29 bits per heavy atom. The number of hydrogen-bond donors (Lipinski definition) is 1. The number of carbonyl (C=O) groups is 2. The maximum absolute atomic E-state index is 11.3. The molecule has 0 saturated carbocycles. The van der Waals surface area contributed by atoms with Gasteiger partial charge in [0, 0.05) is 6.54 Å². The Kier molecular flexibility index (Phi) is 3.24. The first kappa shape index (κ1) is 10.7. The van der Waals surface area contributed by atoms with E-state index in [0.29, 0.717) is 13.2 Å². The molecular formula is C9H13NO4. The summed E-state index contributed by atoms with van der Waals surface area (Å²) in [6.45, 7) is 5.63. The summed E-state index contributed by atoms with van der Waals surface area (Å²) >= 11 is 0. The van der Waals surface area contributed by atoms with Crippen molar-refractivity contribution in [3.05, 3.63) is 12.7 Å². The van der Waals surface area contributed by atoms with Crippen molar-refractivity contribution in [1.82, 2.24) is 4.90 Å². The molecule has 0 spiro atoms. The predicted molar refractivity (Wildman–Crippen MR) is 48.7 cm³/mol. The third kappa shape index (κ3) is 1.93. The fourth-order valence-electron chi connectivity index (χ4n) is 1.52. The van der Waals surface area contributed by atoms with Crippen LogP contribution < -0.4 is 0 Å². The minimum absolute atomic E-state index is 0.298. The van der Waals surface area contributed by atoms with Gasteiger partial charge in [0.1, 0.15) is 0 Å². The van der Waals surface area contributed by atoms with Gasteiger partial charge in [0.05, 0.1) is 12.7 Å². The normalized spacial score (nSPS) is 27.1. The molecule has 0 aromatic carbocycles. The molecule has 0 bridgehead atoms. The monoisotopic (exact) mass is 199 g/mol. The lowest BCUT2D eigenvalue weighted by Gasteiger charge is -2.36. The summed E-state index contributed by atoms with van der Waals surface area (Å²) < 4.78 is 5.17. The minimum Gasteiger partial charge on any atom is -0.480 e. The summed E-state index contributed by atoms with van der Waals surface area (Å²) in [5.41, 5.74) is 0. The van der Waals surface area contributed by atoms with Gasteiger partial charge in [0.25, 0.3) is 0 Å². The van der Waals surface area contributed by atoms with Crippen LogP contribution in [0.25, 0.3) is 0 Å². The third-order valence-corrected chi connectivity index (χ3v) is 2.20. The van der Waals surface area contributed by atoms with Crippen LogP contribution in [0.15, 0.2) is 12.7 Å². The van der Waals surface area contributed by atoms with Crippen LogP contribution in [0.5, 0.6) is 0 Å². The Morgan fingerprint density at radius 3 is 2.79 bits per heavy atom. The number of aliphatic carboxylic acids is 1. The smallest absolute Gasteiger partial charge is 0.329 e. The zero-order valence-corrected chi connectivity index (χ0v) is 7.97. The topological polar surface area (TPSA) is 66.8 Å². The summed E-state index contributed by atoms with van der Waals surface area (Å²) in [7, 11) is 0. The Hall–Kier alpha value is -1.36. The Bertz CT molecular complexity index is 264. The van der Waals surface area contributed by atoms with Gasteiger partial charge in [-0.1, -0.05) is 6.58 Å². The highest BCUT2D eigenvalue weighted by Gasteiger charge is 2.36. The zero-order valence-electron chi connectivity index (χ0n) is 7.97.